The van der Waals surface area contributed by atoms with Crippen LogP contribution in [-0.4, -0.2) is 95.0 Å². The van der Waals surface area contributed by atoms with Gasteiger partial charge in [-0.15, -0.1) is 0 Å². The van der Waals surface area contributed by atoms with Crippen molar-refractivity contribution >= 4 is 41.0 Å². The minimum atomic E-state index is -0.577. The van der Waals surface area contributed by atoms with Gasteiger partial charge in [0.15, 0.2) is 5.82 Å². The number of amides is 4. The molecule has 4 heterocycles. The number of benzene rings is 2. The van der Waals surface area contributed by atoms with Crippen molar-refractivity contribution in [3.8, 4) is 11.3 Å². The summed E-state index contributed by atoms with van der Waals surface area (Å²) in [5, 5.41) is 12.2. The van der Waals surface area contributed by atoms with E-state index in [1.807, 2.05) is 6.07 Å². The topological polar surface area (TPSA) is 158 Å². The van der Waals surface area contributed by atoms with Crippen LogP contribution < -0.4 is 26.2 Å². The number of carbonyl (C=O) groups is 4. The zero-order valence-corrected chi connectivity index (χ0v) is 32.7. The van der Waals surface area contributed by atoms with E-state index < -0.39 is 23.3 Å². The van der Waals surface area contributed by atoms with Crippen LogP contribution in [0.2, 0.25) is 0 Å². The number of anilines is 3. The molecule has 1 aromatic heterocycles. The molecule has 13 nitrogen and oxygen atoms in total. The Morgan fingerprint density at radius 3 is 2.38 bits per heavy atom. The van der Waals surface area contributed by atoms with E-state index in [1.54, 1.807) is 35.2 Å². The zero-order valence-electron chi connectivity index (χ0n) is 32.7. The molecule has 1 unspecified atom stereocenters. The molecule has 15 heteroatoms. The van der Waals surface area contributed by atoms with E-state index in [4.69, 9.17) is 4.74 Å². The Hall–Kier alpha value is -5.02. The molecule has 3 aliphatic heterocycles. The standard InChI is InChI=1S/C43H52F2N8O5/c44-34-24-31(47-36-13-14-37(54)50-40(36)56)11-12-33(34)27-15-19-52(20-16-27)43(17-2-1-3-18-43)41(57)48-29-7-9-30(10-8-29)49-42-46-25-35(45)39(51-42)28-5-4-6-32(23-28)53-21-22-58-26-38(53)55/h4-6,11-12,23-25,27,29-30,36,47H,1-3,7-10,13-22,26H2,(H,48,57)(H,46,49,51)(H,50,54,56). The average Bonchev–Trinajstić information content (AvgIpc) is 3.24. The number of hydrogen-bond donors (Lipinski definition) is 4. The van der Waals surface area contributed by atoms with E-state index in [-0.39, 0.29) is 60.3 Å². The first-order valence-electron chi connectivity index (χ1n) is 20.9. The SMILES string of the molecule is O=C1CCC(Nc2ccc(C3CCN(C4(C(=O)NC5CCC(Nc6ncc(F)c(-c7cccc(N8CCOCC8=O)c7)n6)CC5)CCCCC4)CC3)c(F)c2)C(=O)N1. The monoisotopic (exact) mass is 798 g/mol. The molecule has 2 aromatic carbocycles. The van der Waals surface area contributed by atoms with Crippen molar-refractivity contribution in [1.82, 2.24) is 25.5 Å². The minimum absolute atomic E-state index is 0.0174. The summed E-state index contributed by atoms with van der Waals surface area (Å²) in [6.45, 7) is 2.30. The number of carbonyl (C=O) groups excluding carboxylic acids is 4. The summed E-state index contributed by atoms with van der Waals surface area (Å²) >= 11 is 0. The largest absolute Gasteiger partial charge is 0.374 e. The summed E-state index contributed by atoms with van der Waals surface area (Å²) in [6, 6.07) is 11.7. The molecule has 2 aliphatic carbocycles. The highest BCUT2D eigenvalue weighted by molar-refractivity contribution is 6.01. The summed E-state index contributed by atoms with van der Waals surface area (Å²) in [5.74, 6) is -1.23. The summed E-state index contributed by atoms with van der Waals surface area (Å²) in [6.07, 6.45) is 11.2. The van der Waals surface area contributed by atoms with E-state index in [9.17, 15) is 19.2 Å². The molecule has 8 rings (SSSR count). The van der Waals surface area contributed by atoms with E-state index in [0.29, 0.717) is 61.1 Å². The van der Waals surface area contributed by atoms with E-state index in [2.05, 4.69) is 36.1 Å². The number of morpholine rings is 1. The van der Waals surface area contributed by atoms with Crippen LogP contribution in [0.15, 0.2) is 48.7 Å². The molecule has 4 amide bonds. The van der Waals surface area contributed by atoms with Crippen molar-refractivity contribution in [2.24, 2.45) is 0 Å². The van der Waals surface area contributed by atoms with Crippen molar-refractivity contribution in [2.75, 3.05) is 48.4 Å². The number of rotatable bonds is 10. The van der Waals surface area contributed by atoms with Crippen LogP contribution in [0, 0.1) is 11.6 Å². The molecule has 1 atom stereocenters. The molecule has 0 bridgehead atoms. The lowest BCUT2D eigenvalue weighted by Crippen LogP contribution is -2.62. The Morgan fingerprint density at radius 1 is 0.862 bits per heavy atom. The number of nitrogens with zero attached hydrogens (tertiary/aromatic N) is 4. The Balaban J connectivity index is 0.847. The molecule has 0 radical (unpaired) electrons. The van der Waals surface area contributed by atoms with Gasteiger partial charge >= 0.3 is 0 Å². The molecular weight excluding hydrogens is 747 g/mol. The van der Waals surface area contributed by atoms with Crippen molar-refractivity contribution in [3.63, 3.8) is 0 Å². The van der Waals surface area contributed by atoms with Gasteiger partial charge < -0.3 is 25.6 Å². The zero-order chi connectivity index (χ0) is 40.2. The van der Waals surface area contributed by atoms with Crippen LogP contribution >= 0.6 is 0 Å². The van der Waals surface area contributed by atoms with Crippen LogP contribution in [0.1, 0.15) is 95.0 Å². The quantitative estimate of drug-likeness (QED) is 0.195. The predicted octanol–water partition coefficient (Wildman–Crippen LogP) is 5.42. The van der Waals surface area contributed by atoms with E-state index >= 15 is 8.78 Å². The number of halogens is 2. The summed E-state index contributed by atoms with van der Waals surface area (Å²) in [7, 11) is 0. The Morgan fingerprint density at radius 2 is 1.64 bits per heavy atom. The van der Waals surface area contributed by atoms with Crippen molar-refractivity contribution in [2.45, 2.75) is 113 Å². The lowest BCUT2D eigenvalue weighted by atomic mass is 9.76. The number of ether oxygens (including phenoxy) is 1. The van der Waals surface area contributed by atoms with Crippen LogP contribution in [0.5, 0.6) is 0 Å². The molecule has 3 saturated heterocycles. The Bertz CT molecular complexity index is 2010. The molecule has 4 N–H and O–H groups in total. The van der Waals surface area contributed by atoms with Crippen LogP contribution in [-0.2, 0) is 23.9 Å². The molecule has 0 spiro atoms. The number of likely N-dealkylation sites (tertiary alicyclic amines) is 1. The van der Waals surface area contributed by atoms with Crippen LogP contribution in [0.25, 0.3) is 11.3 Å². The second kappa shape index (κ2) is 17.5. The maximum atomic E-state index is 15.5. The van der Waals surface area contributed by atoms with Crippen LogP contribution in [0.4, 0.5) is 26.1 Å². The van der Waals surface area contributed by atoms with Crippen molar-refractivity contribution < 1.29 is 32.7 Å². The normalized spacial score (nSPS) is 24.6. The number of piperidine rings is 2. The molecule has 3 aromatic rings. The highest BCUT2D eigenvalue weighted by Gasteiger charge is 2.46. The van der Waals surface area contributed by atoms with E-state index in [0.717, 1.165) is 70.6 Å². The molecule has 2 saturated carbocycles. The number of imide groups is 1. The molecule has 58 heavy (non-hydrogen) atoms. The number of hydrogen-bond acceptors (Lipinski definition) is 10. The predicted molar refractivity (Wildman–Crippen MR) is 214 cm³/mol. The summed E-state index contributed by atoms with van der Waals surface area (Å²) in [4.78, 5) is 63.2. The highest BCUT2D eigenvalue weighted by atomic mass is 19.1. The third kappa shape index (κ3) is 8.70. The minimum Gasteiger partial charge on any atom is -0.374 e. The van der Waals surface area contributed by atoms with E-state index in [1.165, 1.54) is 12.3 Å². The summed E-state index contributed by atoms with van der Waals surface area (Å²) in [5.41, 5.74) is 1.96. The molecular formula is C43H52F2N8O5. The van der Waals surface area contributed by atoms with Gasteiger partial charge in [-0.1, -0.05) is 37.5 Å². The number of aromatic nitrogens is 2. The van der Waals surface area contributed by atoms with Gasteiger partial charge in [-0.25, -0.2) is 18.7 Å². The second-order valence-electron chi connectivity index (χ2n) is 16.4. The lowest BCUT2D eigenvalue weighted by Gasteiger charge is -2.48. The third-order valence-corrected chi connectivity index (χ3v) is 12.8. The average molecular weight is 799 g/mol. The molecule has 5 aliphatic rings. The van der Waals surface area contributed by atoms with Crippen molar-refractivity contribution in [1.29, 1.82) is 0 Å². The smallest absolute Gasteiger partial charge is 0.253 e. The van der Waals surface area contributed by atoms with Gasteiger partial charge in [0.25, 0.3) is 5.91 Å². The number of nitrogens with one attached hydrogen (secondary N) is 4. The first kappa shape index (κ1) is 39.8. The maximum absolute atomic E-state index is 15.5. The first-order valence-corrected chi connectivity index (χ1v) is 20.9. The van der Waals surface area contributed by atoms with Crippen molar-refractivity contribution in [3.05, 3.63) is 65.9 Å². The fourth-order valence-corrected chi connectivity index (χ4v) is 9.56. The molecule has 308 valence electrons. The highest BCUT2D eigenvalue weighted by Crippen LogP contribution is 2.40. The van der Waals surface area contributed by atoms with Gasteiger partial charge in [-0.05, 0) is 107 Å². The molecule has 5 fully saturated rings. The van der Waals surface area contributed by atoms with Crippen LogP contribution in [0.3, 0.4) is 0 Å². The van der Waals surface area contributed by atoms with Gasteiger partial charge in [0, 0.05) is 42.0 Å². The lowest BCUT2D eigenvalue weighted by molar-refractivity contribution is -0.138. The van der Waals surface area contributed by atoms with Gasteiger partial charge in [0.2, 0.25) is 23.7 Å². The first-order chi connectivity index (χ1) is 28.1. The van der Waals surface area contributed by atoms with Gasteiger partial charge in [-0.2, -0.15) is 0 Å². The summed E-state index contributed by atoms with van der Waals surface area (Å²) < 4.78 is 35.8. The maximum Gasteiger partial charge on any atom is 0.253 e. The second-order valence-corrected chi connectivity index (χ2v) is 16.4. The third-order valence-electron chi connectivity index (χ3n) is 12.8. The van der Waals surface area contributed by atoms with Gasteiger partial charge in [0.05, 0.1) is 12.8 Å². The Labute approximate surface area is 337 Å². The Kier molecular flexibility index (Phi) is 12.0. The fourth-order valence-electron chi connectivity index (χ4n) is 9.56. The van der Waals surface area contributed by atoms with Gasteiger partial charge in [-0.3, -0.25) is 29.4 Å². The fraction of sp³-hybridized carbons (Fsp3) is 0.535. The van der Waals surface area contributed by atoms with Gasteiger partial charge in [0.1, 0.15) is 29.7 Å².